The summed E-state index contributed by atoms with van der Waals surface area (Å²) in [6, 6.07) is 15.5. The first-order valence-electron chi connectivity index (χ1n) is 9.84. The Kier molecular flexibility index (Phi) is 7.89. The van der Waals surface area contributed by atoms with Crippen LogP contribution in [0.2, 0.25) is 0 Å². The van der Waals surface area contributed by atoms with Crippen LogP contribution in [0.3, 0.4) is 0 Å². The number of amides is 1. The number of likely N-dealkylation sites (N-methyl/N-ethyl adjacent to an activating group) is 1. The van der Waals surface area contributed by atoms with Crippen molar-refractivity contribution in [3.63, 3.8) is 0 Å². The molecule has 0 fully saturated rings. The molecule has 1 aromatic heterocycles. The molecule has 0 spiro atoms. The second kappa shape index (κ2) is 10.8. The Hall–Kier alpha value is -3.59. The van der Waals surface area contributed by atoms with Crippen molar-refractivity contribution in [3.05, 3.63) is 76.0 Å². The van der Waals surface area contributed by atoms with E-state index in [1.54, 1.807) is 7.05 Å². The monoisotopic (exact) mass is 515 g/mol. The van der Waals surface area contributed by atoms with E-state index in [9.17, 15) is 14.4 Å². The molecule has 0 aliphatic carbocycles. The van der Waals surface area contributed by atoms with Gasteiger partial charge in [0.1, 0.15) is 17.3 Å². The lowest BCUT2D eigenvalue weighted by Gasteiger charge is -2.16. The lowest BCUT2D eigenvalue weighted by Crippen LogP contribution is -2.30. The van der Waals surface area contributed by atoms with E-state index in [0.717, 1.165) is 10.0 Å². The minimum Gasteiger partial charge on any atom is -0.484 e. The van der Waals surface area contributed by atoms with E-state index in [1.807, 2.05) is 36.4 Å². The van der Waals surface area contributed by atoms with Crippen LogP contribution < -0.4 is 4.74 Å². The van der Waals surface area contributed by atoms with Gasteiger partial charge in [-0.25, -0.2) is 9.59 Å². The number of methoxy groups -OCH3 is 2. The van der Waals surface area contributed by atoms with Gasteiger partial charge < -0.3 is 23.5 Å². The van der Waals surface area contributed by atoms with E-state index in [0.29, 0.717) is 11.5 Å². The fourth-order valence-electron chi connectivity index (χ4n) is 2.96. The largest absolute Gasteiger partial charge is 0.484 e. The standard InChI is InChI=1S/C24H22BrNO7/c1-26(13-19-8-9-21(33-19)15-4-6-18(25)7-5-15)22(27)14-32-20-11-16(23(28)30-2)10-17(12-20)24(29)31-3/h4-12H,13-14H2,1-3H3. The van der Waals surface area contributed by atoms with Crippen molar-refractivity contribution < 1.29 is 33.0 Å². The molecular weight excluding hydrogens is 494 g/mol. The SMILES string of the molecule is COC(=O)c1cc(OCC(=O)N(C)Cc2ccc(-c3ccc(Br)cc3)o2)cc(C(=O)OC)c1. The Morgan fingerprint density at radius 1 is 0.909 bits per heavy atom. The molecule has 2 aromatic carbocycles. The number of hydrogen-bond donors (Lipinski definition) is 0. The lowest BCUT2D eigenvalue weighted by atomic mass is 10.1. The highest BCUT2D eigenvalue weighted by molar-refractivity contribution is 9.10. The van der Waals surface area contributed by atoms with Crippen molar-refractivity contribution in [1.29, 1.82) is 0 Å². The van der Waals surface area contributed by atoms with Crippen LogP contribution in [0.15, 0.2) is 63.5 Å². The molecule has 1 heterocycles. The summed E-state index contributed by atoms with van der Waals surface area (Å²) in [6.07, 6.45) is 0. The highest BCUT2D eigenvalue weighted by Crippen LogP contribution is 2.24. The maximum absolute atomic E-state index is 12.6. The van der Waals surface area contributed by atoms with Crippen LogP contribution in [0.25, 0.3) is 11.3 Å². The third-order valence-electron chi connectivity index (χ3n) is 4.72. The van der Waals surface area contributed by atoms with Gasteiger partial charge >= 0.3 is 11.9 Å². The van der Waals surface area contributed by atoms with Gasteiger partial charge in [0.25, 0.3) is 5.91 Å². The number of hydrogen-bond acceptors (Lipinski definition) is 7. The number of carbonyl (C=O) groups is 3. The number of ether oxygens (including phenoxy) is 3. The molecule has 0 radical (unpaired) electrons. The summed E-state index contributed by atoms with van der Waals surface area (Å²) in [7, 11) is 4.07. The van der Waals surface area contributed by atoms with Crippen LogP contribution in [0.5, 0.6) is 5.75 Å². The van der Waals surface area contributed by atoms with Gasteiger partial charge in [-0.3, -0.25) is 4.79 Å². The van der Waals surface area contributed by atoms with Crippen LogP contribution in [0.1, 0.15) is 26.5 Å². The molecule has 172 valence electrons. The zero-order valence-electron chi connectivity index (χ0n) is 18.3. The first-order valence-corrected chi connectivity index (χ1v) is 10.6. The minimum atomic E-state index is -0.645. The summed E-state index contributed by atoms with van der Waals surface area (Å²) in [6.45, 7) is -0.0592. The fraction of sp³-hybridized carbons (Fsp3) is 0.208. The summed E-state index contributed by atoms with van der Waals surface area (Å²) in [4.78, 5) is 37.8. The van der Waals surface area contributed by atoms with Gasteiger partial charge in [0.2, 0.25) is 0 Å². The molecule has 1 amide bonds. The summed E-state index contributed by atoms with van der Waals surface area (Å²) >= 11 is 3.40. The quantitative estimate of drug-likeness (QED) is 0.412. The van der Waals surface area contributed by atoms with Crippen LogP contribution in [0.4, 0.5) is 0 Å². The number of benzene rings is 2. The number of rotatable bonds is 8. The van der Waals surface area contributed by atoms with Crippen LogP contribution in [-0.2, 0) is 20.8 Å². The summed E-state index contributed by atoms with van der Waals surface area (Å²) in [5.41, 5.74) is 1.13. The maximum atomic E-state index is 12.6. The third-order valence-corrected chi connectivity index (χ3v) is 5.25. The van der Waals surface area contributed by atoms with Gasteiger partial charge in [-0.1, -0.05) is 28.1 Å². The highest BCUT2D eigenvalue weighted by Gasteiger charge is 2.17. The second-order valence-corrected chi connectivity index (χ2v) is 7.96. The molecule has 0 saturated heterocycles. The molecule has 0 atom stereocenters. The summed E-state index contributed by atoms with van der Waals surface area (Å²) < 4.78 is 21.8. The highest BCUT2D eigenvalue weighted by atomic mass is 79.9. The predicted octanol–water partition coefficient (Wildman–Crippen LogP) is 4.32. The second-order valence-electron chi connectivity index (χ2n) is 7.04. The average Bonchev–Trinajstić information content (AvgIpc) is 3.29. The Labute approximate surface area is 199 Å². The van der Waals surface area contributed by atoms with Crippen molar-refractivity contribution in [3.8, 4) is 17.1 Å². The topological polar surface area (TPSA) is 95.3 Å². The fourth-order valence-corrected chi connectivity index (χ4v) is 3.23. The zero-order chi connectivity index (χ0) is 24.0. The van der Waals surface area contributed by atoms with Crippen molar-refractivity contribution >= 4 is 33.8 Å². The molecule has 0 aliphatic heterocycles. The smallest absolute Gasteiger partial charge is 0.338 e. The normalized spacial score (nSPS) is 10.4. The molecule has 0 unspecified atom stereocenters. The van der Waals surface area contributed by atoms with Gasteiger partial charge in [-0.05, 0) is 42.5 Å². The zero-order valence-corrected chi connectivity index (χ0v) is 19.9. The molecule has 0 aliphatic rings. The van der Waals surface area contributed by atoms with Crippen molar-refractivity contribution in [2.24, 2.45) is 0 Å². The van der Waals surface area contributed by atoms with Gasteiger partial charge in [0.15, 0.2) is 6.61 Å². The number of furan rings is 1. The number of nitrogens with zero attached hydrogens (tertiary/aromatic N) is 1. The van der Waals surface area contributed by atoms with E-state index in [2.05, 4.69) is 15.9 Å². The molecule has 9 heteroatoms. The number of halogens is 1. The first kappa shape index (κ1) is 24.1. The number of carbonyl (C=O) groups excluding carboxylic acids is 3. The van der Waals surface area contributed by atoms with E-state index in [1.165, 1.54) is 37.3 Å². The summed E-state index contributed by atoms with van der Waals surface area (Å²) in [5, 5.41) is 0. The Balaban J connectivity index is 1.64. The molecule has 3 aromatic rings. The molecule has 33 heavy (non-hydrogen) atoms. The van der Waals surface area contributed by atoms with Gasteiger partial charge in [0, 0.05) is 17.1 Å². The first-order chi connectivity index (χ1) is 15.8. The number of esters is 2. The molecular formula is C24H22BrNO7. The predicted molar refractivity (Wildman–Crippen MR) is 123 cm³/mol. The lowest BCUT2D eigenvalue weighted by molar-refractivity contribution is -0.132. The van der Waals surface area contributed by atoms with Crippen molar-refractivity contribution in [2.45, 2.75) is 6.54 Å². The molecule has 0 saturated carbocycles. The molecule has 3 rings (SSSR count). The van der Waals surface area contributed by atoms with E-state index in [4.69, 9.17) is 18.6 Å². The van der Waals surface area contributed by atoms with Gasteiger partial charge in [0.05, 0.1) is 31.9 Å². The molecule has 0 bridgehead atoms. The maximum Gasteiger partial charge on any atom is 0.338 e. The van der Waals surface area contributed by atoms with E-state index in [-0.39, 0.29) is 35.9 Å². The summed E-state index contributed by atoms with van der Waals surface area (Å²) in [5.74, 6) is -0.133. The average molecular weight is 516 g/mol. The van der Waals surface area contributed by atoms with Gasteiger partial charge in [-0.2, -0.15) is 0 Å². The Morgan fingerprint density at radius 2 is 1.52 bits per heavy atom. The van der Waals surface area contributed by atoms with Crippen LogP contribution in [0, 0.1) is 0 Å². The minimum absolute atomic E-state index is 0.104. The Bertz CT molecular complexity index is 1120. The van der Waals surface area contributed by atoms with E-state index < -0.39 is 11.9 Å². The van der Waals surface area contributed by atoms with Crippen molar-refractivity contribution in [1.82, 2.24) is 4.90 Å². The molecule has 0 N–H and O–H groups in total. The van der Waals surface area contributed by atoms with Crippen LogP contribution >= 0.6 is 15.9 Å². The third kappa shape index (κ3) is 6.23. The van der Waals surface area contributed by atoms with Crippen molar-refractivity contribution in [2.75, 3.05) is 27.9 Å². The Morgan fingerprint density at radius 3 is 2.09 bits per heavy atom. The molecule has 8 nitrogen and oxygen atoms in total. The van der Waals surface area contributed by atoms with Crippen LogP contribution in [-0.4, -0.2) is 50.6 Å². The van der Waals surface area contributed by atoms with Gasteiger partial charge in [-0.15, -0.1) is 0 Å². The van der Waals surface area contributed by atoms with E-state index >= 15 is 0 Å².